The lowest BCUT2D eigenvalue weighted by Gasteiger charge is -2.27. The van der Waals surface area contributed by atoms with Crippen molar-refractivity contribution in [2.75, 3.05) is 38.0 Å². The summed E-state index contributed by atoms with van der Waals surface area (Å²) in [6.07, 6.45) is 4.55. The minimum atomic E-state index is -0.187. The van der Waals surface area contributed by atoms with Crippen LogP contribution in [0, 0.1) is 0 Å². The lowest BCUT2D eigenvalue weighted by Crippen LogP contribution is -2.37. The lowest BCUT2D eigenvalue weighted by molar-refractivity contribution is 0.0743. The van der Waals surface area contributed by atoms with Crippen LogP contribution < -0.4 is 10.6 Å². The number of hydrogen-bond donors (Lipinski definition) is 2. The standard InChI is InChI=1S/C25H32N4O2/c1-2-15-29-23(21-8-4-5-9-22(21)25(29)31)27-20-12-10-19(11-13-20)24(30)26-14-18-28-16-6-3-7-17-28/h4-5,8-13,23,27H,2-3,6-7,14-18H2,1H3,(H,26,30)/t23-/m1/s1. The fraction of sp³-hybridized carbons (Fsp3) is 0.440. The molecule has 0 saturated carbocycles. The molecule has 4 rings (SSSR count). The summed E-state index contributed by atoms with van der Waals surface area (Å²) in [7, 11) is 0. The van der Waals surface area contributed by atoms with E-state index in [4.69, 9.17) is 0 Å². The van der Waals surface area contributed by atoms with Crippen molar-refractivity contribution in [1.82, 2.24) is 15.1 Å². The van der Waals surface area contributed by atoms with Gasteiger partial charge in [0.1, 0.15) is 6.17 Å². The van der Waals surface area contributed by atoms with Crippen LogP contribution in [-0.4, -0.2) is 54.3 Å². The Morgan fingerprint density at radius 1 is 1.00 bits per heavy atom. The summed E-state index contributed by atoms with van der Waals surface area (Å²) in [5.74, 6) is 0.0252. The zero-order valence-electron chi connectivity index (χ0n) is 18.3. The normalized spacial score (nSPS) is 18.7. The molecule has 0 aromatic heterocycles. The average molecular weight is 421 g/mol. The second kappa shape index (κ2) is 9.96. The third-order valence-corrected chi connectivity index (χ3v) is 6.14. The highest BCUT2D eigenvalue weighted by molar-refractivity contribution is 5.99. The minimum absolute atomic E-state index is 0.0439. The first-order valence-corrected chi connectivity index (χ1v) is 11.4. The number of amides is 2. The Balaban J connectivity index is 1.36. The SMILES string of the molecule is CCCN1C(=O)c2ccccc2[C@@H]1Nc1ccc(C(=O)NCCN2CCCCC2)cc1. The summed E-state index contributed by atoms with van der Waals surface area (Å²) in [5.41, 5.74) is 3.30. The second-order valence-corrected chi connectivity index (χ2v) is 8.37. The van der Waals surface area contributed by atoms with Crippen LogP contribution in [0.1, 0.15) is 65.1 Å². The van der Waals surface area contributed by atoms with E-state index in [-0.39, 0.29) is 18.0 Å². The number of benzene rings is 2. The summed E-state index contributed by atoms with van der Waals surface area (Å²) in [5, 5.41) is 6.51. The summed E-state index contributed by atoms with van der Waals surface area (Å²) in [4.78, 5) is 29.6. The molecule has 1 saturated heterocycles. The molecule has 164 valence electrons. The van der Waals surface area contributed by atoms with Crippen molar-refractivity contribution >= 4 is 17.5 Å². The Kier molecular flexibility index (Phi) is 6.87. The molecule has 2 aliphatic rings. The molecule has 0 spiro atoms. The highest BCUT2D eigenvalue weighted by Gasteiger charge is 2.35. The van der Waals surface area contributed by atoms with Crippen LogP contribution in [0.5, 0.6) is 0 Å². The Morgan fingerprint density at radius 3 is 2.48 bits per heavy atom. The number of piperidine rings is 1. The topological polar surface area (TPSA) is 64.7 Å². The van der Waals surface area contributed by atoms with Crippen LogP contribution in [0.4, 0.5) is 5.69 Å². The lowest BCUT2D eigenvalue weighted by atomic mass is 10.1. The van der Waals surface area contributed by atoms with E-state index in [1.807, 2.05) is 53.4 Å². The highest BCUT2D eigenvalue weighted by Crippen LogP contribution is 2.34. The largest absolute Gasteiger partial charge is 0.361 e. The summed E-state index contributed by atoms with van der Waals surface area (Å²) < 4.78 is 0. The maximum atomic E-state index is 12.8. The molecule has 1 atom stereocenters. The van der Waals surface area contributed by atoms with Gasteiger partial charge in [-0.25, -0.2) is 0 Å². The number of nitrogens with zero attached hydrogens (tertiary/aromatic N) is 2. The maximum Gasteiger partial charge on any atom is 0.256 e. The molecule has 2 N–H and O–H groups in total. The quantitative estimate of drug-likeness (QED) is 0.680. The van der Waals surface area contributed by atoms with Gasteiger partial charge in [-0.2, -0.15) is 0 Å². The number of nitrogens with one attached hydrogen (secondary N) is 2. The molecule has 6 heteroatoms. The molecule has 2 aromatic rings. The van der Waals surface area contributed by atoms with Gasteiger partial charge in [0.2, 0.25) is 0 Å². The monoisotopic (exact) mass is 420 g/mol. The van der Waals surface area contributed by atoms with E-state index in [0.29, 0.717) is 18.7 Å². The van der Waals surface area contributed by atoms with Crippen molar-refractivity contribution in [3.05, 3.63) is 65.2 Å². The highest BCUT2D eigenvalue weighted by atomic mass is 16.2. The van der Waals surface area contributed by atoms with E-state index < -0.39 is 0 Å². The van der Waals surface area contributed by atoms with Crippen molar-refractivity contribution in [1.29, 1.82) is 0 Å². The molecular formula is C25H32N4O2. The number of fused-ring (bicyclic) bond motifs is 1. The molecular weight excluding hydrogens is 388 g/mol. The molecule has 6 nitrogen and oxygen atoms in total. The summed E-state index contributed by atoms with van der Waals surface area (Å²) >= 11 is 0. The molecule has 31 heavy (non-hydrogen) atoms. The van der Waals surface area contributed by atoms with Gasteiger partial charge in [-0.05, 0) is 62.7 Å². The van der Waals surface area contributed by atoms with E-state index in [9.17, 15) is 9.59 Å². The summed E-state index contributed by atoms with van der Waals surface area (Å²) in [6.45, 7) is 6.63. The fourth-order valence-corrected chi connectivity index (χ4v) is 4.49. The first-order chi connectivity index (χ1) is 15.2. The van der Waals surface area contributed by atoms with Gasteiger partial charge in [0, 0.05) is 42.0 Å². The number of carbonyl (C=O) groups is 2. The van der Waals surface area contributed by atoms with Crippen LogP contribution in [0.15, 0.2) is 48.5 Å². The molecule has 0 radical (unpaired) electrons. The molecule has 2 amide bonds. The molecule has 2 heterocycles. The second-order valence-electron chi connectivity index (χ2n) is 8.37. The van der Waals surface area contributed by atoms with E-state index in [0.717, 1.165) is 42.9 Å². The van der Waals surface area contributed by atoms with E-state index in [2.05, 4.69) is 22.5 Å². The molecule has 0 unspecified atom stereocenters. The Hall–Kier alpha value is -2.86. The first kappa shape index (κ1) is 21.4. The van der Waals surface area contributed by atoms with Crippen LogP contribution in [-0.2, 0) is 0 Å². The van der Waals surface area contributed by atoms with Crippen molar-refractivity contribution in [2.24, 2.45) is 0 Å². The third kappa shape index (κ3) is 4.90. The van der Waals surface area contributed by atoms with Crippen LogP contribution in [0.25, 0.3) is 0 Å². The van der Waals surface area contributed by atoms with Gasteiger partial charge >= 0.3 is 0 Å². The summed E-state index contributed by atoms with van der Waals surface area (Å²) in [6, 6.07) is 15.3. The van der Waals surface area contributed by atoms with E-state index in [1.54, 1.807) is 0 Å². The van der Waals surface area contributed by atoms with Gasteiger partial charge in [-0.1, -0.05) is 31.5 Å². The predicted octanol–water partition coefficient (Wildman–Crippen LogP) is 3.88. The number of anilines is 1. The Bertz CT molecular complexity index is 906. The predicted molar refractivity (Wildman–Crippen MR) is 123 cm³/mol. The van der Waals surface area contributed by atoms with Crippen LogP contribution in [0.3, 0.4) is 0 Å². The zero-order valence-corrected chi connectivity index (χ0v) is 18.3. The zero-order chi connectivity index (χ0) is 21.6. The molecule has 2 aromatic carbocycles. The van der Waals surface area contributed by atoms with Gasteiger partial charge in [-0.15, -0.1) is 0 Å². The maximum absolute atomic E-state index is 12.8. The van der Waals surface area contributed by atoms with Gasteiger partial charge in [0.05, 0.1) is 0 Å². The third-order valence-electron chi connectivity index (χ3n) is 6.14. The van der Waals surface area contributed by atoms with Gasteiger partial charge in [0.25, 0.3) is 11.8 Å². The molecule has 2 aliphatic heterocycles. The van der Waals surface area contributed by atoms with Crippen LogP contribution in [0.2, 0.25) is 0 Å². The minimum Gasteiger partial charge on any atom is -0.361 e. The average Bonchev–Trinajstić information content (AvgIpc) is 3.07. The van der Waals surface area contributed by atoms with Gasteiger partial charge < -0.3 is 20.4 Å². The first-order valence-electron chi connectivity index (χ1n) is 11.4. The number of carbonyl (C=O) groups excluding carboxylic acids is 2. The van der Waals surface area contributed by atoms with E-state index >= 15 is 0 Å². The van der Waals surface area contributed by atoms with Crippen molar-refractivity contribution in [3.63, 3.8) is 0 Å². The van der Waals surface area contributed by atoms with Crippen molar-refractivity contribution in [2.45, 2.75) is 38.8 Å². The molecule has 0 aliphatic carbocycles. The molecule has 1 fully saturated rings. The van der Waals surface area contributed by atoms with E-state index in [1.165, 1.54) is 19.3 Å². The van der Waals surface area contributed by atoms with Crippen molar-refractivity contribution < 1.29 is 9.59 Å². The van der Waals surface area contributed by atoms with Gasteiger partial charge in [-0.3, -0.25) is 9.59 Å². The number of likely N-dealkylation sites (tertiary alicyclic amines) is 1. The van der Waals surface area contributed by atoms with Crippen molar-refractivity contribution in [3.8, 4) is 0 Å². The Morgan fingerprint density at radius 2 is 1.74 bits per heavy atom. The smallest absolute Gasteiger partial charge is 0.256 e. The van der Waals surface area contributed by atoms with Crippen LogP contribution >= 0.6 is 0 Å². The number of rotatable bonds is 8. The number of hydrogen-bond acceptors (Lipinski definition) is 4. The Labute approximate surface area is 184 Å². The molecule has 0 bridgehead atoms. The fourth-order valence-electron chi connectivity index (χ4n) is 4.49. The van der Waals surface area contributed by atoms with Gasteiger partial charge in [0.15, 0.2) is 0 Å².